The Bertz CT molecular complexity index is 1440. The van der Waals surface area contributed by atoms with E-state index in [2.05, 4.69) is 0 Å². The van der Waals surface area contributed by atoms with Gasteiger partial charge < -0.3 is 9.64 Å². The van der Waals surface area contributed by atoms with E-state index in [0.29, 0.717) is 22.7 Å². The Morgan fingerprint density at radius 1 is 0.971 bits per heavy atom. The number of aryl methyl sites for hydroxylation is 1. The van der Waals surface area contributed by atoms with Crippen molar-refractivity contribution in [2.24, 2.45) is 0 Å². The Balaban J connectivity index is 1.74. The molecule has 0 radical (unpaired) electrons. The van der Waals surface area contributed by atoms with Crippen molar-refractivity contribution >= 4 is 33.0 Å². The van der Waals surface area contributed by atoms with Crippen LogP contribution in [-0.4, -0.2) is 33.1 Å². The van der Waals surface area contributed by atoms with Crippen molar-refractivity contribution in [2.75, 3.05) is 22.7 Å². The van der Waals surface area contributed by atoms with Crippen molar-refractivity contribution in [3.8, 4) is 5.75 Å². The molecule has 1 spiro atoms. The first-order chi connectivity index (χ1) is 16.7. The smallest absolute Gasteiger partial charge is 0.274 e. The standard InChI is InChI=1S/C26H23FN2O5S/c1-3-17-6-10-20(11-7-17)29-24(30)16-35(32,33)26(29)22-14-21(34-2)12-13-23(22)28(25(26)31)15-18-4-8-19(27)9-5-18/h4-14H,3,15-16H2,1-2H3. The summed E-state index contributed by atoms with van der Waals surface area (Å²) in [7, 11) is -2.86. The van der Waals surface area contributed by atoms with Gasteiger partial charge in [0.05, 0.1) is 19.3 Å². The number of rotatable bonds is 5. The molecule has 2 aliphatic heterocycles. The molecule has 0 saturated carbocycles. The molecular formula is C26H23FN2O5S. The summed E-state index contributed by atoms with van der Waals surface area (Å²) in [5.74, 6) is -2.30. The van der Waals surface area contributed by atoms with Crippen molar-refractivity contribution in [3.05, 3.63) is 89.2 Å². The van der Waals surface area contributed by atoms with E-state index < -0.39 is 38.1 Å². The zero-order chi connectivity index (χ0) is 25.0. The number of anilines is 2. The predicted octanol–water partition coefficient (Wildman–Crippen LogP) is 3.56. The number of halogens is 1. The summed E-state index contributed by atoms with van der Waals surface area (Å²) in [5, 5.41) is 0. The van der Waals surface area contributed by atoms with Gasteiger partial charge in [0.2, 0.25) is 5.91 Å². The fraction of sp³-hybridized carbons (Fsp3) is 0.231. The molecule has 9 heteroatoms. The van der Waals surface area contributed by atoms with Gasteiger partial charge in [-0.1, -0.05) is 31.2 Å². The van der Waals surface area contributed by atoms with Gasteiger partial charge in [0.15, 0.2) is 9.84 Å². The van der Waals surface area contributed by atoms with Crippen molar-refractivity contribution < 1.29 is 27.1 Å². The van der Waals surface area contributed by atoms with Gasteiger partial charge in [-0.05, 0) is 60.0 Å². The second kappa shape index (κ2) is 8.20. The highest BCUT2D eigenvalue weighted by Crippen LogP contribution is 2.53. The maximum absolute atomic E-state index is 14.2. The topological polar surface area (TPSA) is 84.0 Å². The molecule has 1 unspecified atom stereocenters. The third-order valence-corrected chi connectivity index (χ3v) is 8.68. The van der Waals surface area contributed by atoms with Gasteiger partial charge >= 0.3 is 0 Å². The summed E-state index contributed by atoms with van der Waals surface area (Å²) in [6.07, 6.45) is 0.766. The molecule has 0 N–H and O–H groups in total. The minimum absolute atomic E-state index is 0.00646. The zero-order valence-corrected chi connectivity index (χ0v) is 20.0. The molecule has 7 nitrogen and oxygen atoms in total. The lowest BCUT2D eigenvalue weighted by Gasteiger charge is -2.32. The molecule has 0 bridgehead atoms. The van der Waals surface area contributed by atoms with Crippen LogP contribution in [0.3, 0.4) is 0 Å². The monoisotopic (exact) mass is 494 g/mol. The second-order valence-electron chi connectivity index (χ2n) is 8.55. The summed E-state index contributed by atoms with van der Waals surface area (Å²) in [5.41, 5.74) is 2.45. The third kappa shape index (κ3) is 3.33. The lowest BCUT2D eigenvalue weighted by Crippen LogP contribution is -2.54. The molecule has 3 aromatic rings. The van der Waals surface area contributed by atoms with E-state index >= 15 is 0 Å². The maximum atomic E-state index is 14.2. The quantitative estimate of drug-likeness (QED) is 0.542. The van der Waals surface area contributed by atoms with E-state index in [0.717, 1.165) is 16.9 Å². The van der Waals surface area contributed by atoms with Crippen molar-refractivity contribution in [3.63, 3.8) is 0 Å². The zero-order valence-electron chi connectivity index (χ0n) is 19.2. The van der Waals surface area contributed by atoms with Gasteiger partial charge in [-0.15, -0.1) is 0 Å². The number of ether oxygens (including phenoxy) is 1. The largest absolute Gasteiger partial charge is 0.497 e. The van der Waals surface area contributed by atoms with E-state index in [-0.39, 0.29) is 12.1 Å². The molecule has 180 valence electrons. The molecule has 35 heavy (non-hydrogen) atoms. The number of hydrogen-bond acceptors (Lipinski definition) is 5. The first-order valence-electron chi connectivity index (χ1n) is 11.1. The minimum Gasteiger partial charge on any atom is -0.497 e. The molecule has 5 rings (SSSR count). The highest BCUT2D eigenvalue weighted by atomic mass is 32.2. The van der Waals surface area contributed by atoms with E-state index in [9.17, 15) is 22.4 Å². The second-order valence-corrected chi connectivity index (χ2v) is 10.7. The normalized spacial score (nSPS) is 20.5. The minimum atomic E-state index is -4.30. The summed E-state index contributed by atoms with van der Waals surface area (Å²) in [6, 6.07) is 17.3. The summed E-state index contributed by atoms with van der Waals surface area (Å²) in [4.78, 5) is 27.6. The number of hydrogen-bond donors (Lipinski definition) is 0. The van der Waals surface area contributed by atoms with Crippen molar-refractivity contribution in [1.29, 1.82) is 0 Å². The third-order valence-electron chi connectivity index (χ3n) is 6.58. The molecule has 2 amide bonds. The Kier molecular flexibility index (Phi) is 5.40. The highest BCUT2D eigenvalue weighted by Gasteiger charge is 2.69. The molecule has 2 aliphatic rings. The lowest BCUT2D eigenvalue weighted by atomic mass is 10.0. The van der Waals surface area contributed by atoms with E-state index in [1.165, 1.54) is 42.3 Å². The molecule has 1 fully saturated rings. The van der Waals surface area contributed by atoms with E-state index in [1.807, 2.05) is 19.1 Å². The van der Waals surface area contributed by atoms with Crippen LogP contribution in [0.15, 0.2) is 66.7 Å². The van der Waals surface area contributed by atoms with Crippen LogP contribution in [0.25, 0.3) is 0 Å². The Labute approximate surface area is 202 Å². The van der Waals surface area contributed by atoms with Crippen LogP contribution < -0.4 is 14.5 Å². The molecule has 0 aromatic heterocycles. The first kappa shape index (κ1) is 23.0. The van der Waals surface area contributed by atoms with Crippen LogP contribution in [0.2, 0.25) is 0 Å². The first-order valence-corrected chi connectivity index (χ1v) is 12.8. The van der Waals surface area contributed by atoms with Gasteiger partial charge in [0.25, 0.3) is 10.8 Å². The highest BCUT2D eigenvalue weighted by molar-refractivity contribution is 7.94. The van der Waals surface area contributed by atoms with Crippen LogP contribution in [-0.2, 0) is 37.3 Å². The van der Waals surface area contributed by atoms with Crippen LogP contribution in [0, 0.1) is 5.82 Å². The SMILES string of the molecule is CCc1ccc(N2C(=O)CS(=O)(=O)C23C(=O)N(Cc2ccc(F)cc2)c2ccc(OC)cc23)cc1. The number of carbonyl (C=O) groups is 2. The van der Waals surface area contributed by atoms with Crippen LogP contribution in [0.1, 0.15) is 23.6 Å². The average Bonchev–Trinajstić information content (AvgIpc) is 3.22. The number of benzene rings is 3. The molecule has 3 aromatic carbocycles. The fourth-order valence-corrected chi connectivity index (χ4v) is 6.88. The maximum Gasteiger partial charge on any atom is 0.274 e. The molecule has 1 atom stereocenters. The molecule has 0 aliphatic carbocycles. The number of methoxy groups -OCH3 is 1. The van der Waals surface area contributed by atoms with Crippen LogP contribution in [0.5, 0.6) is 5.75 Å². The summed E-state index contributed by atoms with van der Waals surface area (Å²) < 4.78 is 46.2. The molecular weight excluding hydrogens is 471 g/mol. The van der Waals surface area contributed by atoms with Gasteiger partial charge in [-0.25, -0.2) is 12.8 Å². The van der Waals surface area contributed by atoms with E-state index in [4.69, 9.17) is 4.74 Å². The van der Waals surface area contributed by atoms with Gasteiger partial charge in [-0.2, -0.15) is 0 Å². The molecule has 1 saturated heterocycles. The van der Waals surface area contributed by atoms with Crippen LogP contribution >= 0.6 is 0 Å². The lowest BCUT2D eigenvalue weighted by molar-refractivity contribution is -0.123. The number of fused-ring (bicyclic) bond motifs is 2. The number of carbonyl (C=O) groups excluding carboxylic acids is 2. The fourth-order valence-electron chi connectivity index (χ4n) is 4.86. The van der Waals surface area contributed by atoms with Crippen LogP contribution in [0.4, 0.5) is 15.8 Å². The van der Waals surface area contributed by atoms with Crippen molar-refractivity contribution in [2.45, 2.75) is 24.8 Å². The Hall–Kier alpha value is -3.72. The number of amides is 2. The number of nitrogens with zero attached hydrogens (tertiary/aromatic N) is 2. The van der Waals surface area contributed by atoms with Gasteiger partial charge in [-0.3, -0.25) is 14.5 Å². The predicted molar refractivity (Wildman–Crippen MR) is 129 cm³/mol. The number of sulfone groups is 1. The molecule has 2 heterocycles. The average molecular weight is 495 g/mol. The Morgan fingerprint density at radius 3 is 2.26 bits per heavy atom. The Morgan fingerprint density at radius 2 is 1.63 bits per heavy atom. The summed E-state index contributed by atoms with van der Waals surface area (Å²) in [6.45, 7) is 1.99. The van der Waals surface area contributed by atoms with Gasteiger partial charge in [0.1, 0.15) is 17.3 Å². The summed E-state index contributed by atoms with van der Waals surface area (Å²) >= 11 is 0. The van der Waals surface area contributed by atoms with Gasteiger partial charge in [0, 0.05) is 11.3 Å². The van der Waals surface area contributed by atoms with Crippen molar-refractivity contribution in [1.82, 2.24) is 0 Å². The van der Waals surface area contributed by atoms with E-state index in [1.54, 1.807) is 24.3 Å².